The van der Waals surface area contributed by atoms with E-state index in [1.54, 1.807) is 51.1 Å². The molecular formula is C22H21BrN4O5. The first-order valence-electron chi connectivity index (χ1n) is 9.92. The molecule has 32 heavy (non-hydrogen) atoms. The SMILES string of the molecule is CCOC(=O)c1cc(Br)ccc1-c1ccc(C(c2c(C)[nH][nH]c2=O)c2c(C)[nH][nH]c2=O)o1. The van der Waals surface area contributed by atoms with Crippen molar-refractivity contribution in [2.45, 2.75) is 26.7 Å². The number of furan rings is 1. The Hall–Kier alpha value is -3.53. The van der Waals surface area contributed by atoms with Gasteiger partial charge in [-0.1, -0.05) is 15.9 Å². The van der Waals surface area contributed by atoms with Crippen molar-refractivity contribution in [3.8, 4) is 11.3 Å². The van der Waals surface area contributed by atoms with Gasteiger partial charge in [0.1, 0.15) is 11.5 Å². The highest BCUT2D eigenvalue weighted by atomic mass is 79.9. The van der Waals surface area contributed by atoms with Crippen LogP contribution >= 0.6 is 15.9 Å². The van der Waals surface area contributed by atoms with E-state index in [1.807, 2.05) is 0 Å². The number of benzene rings is 1. The molecule has 0 bridgehead atoms. The fraction of sp³-hybridized carbons (Fsp3) is 0.227. The highest BCUT2D eigenvalue weighted by molar-refractivity contribution is 9.10. The Morgan fingerprint density at radius 3 is 2.16 bits per heavy atom. The van der Waals surface area contributed by atoms with Crippen LogP contribution in [0.2, 0.25) is 0 Å². The van der Waals surface area contributed by atoms with Gasteiger partial charge in [-0.05, 0) is 51.1 Å². The predicted octanol–water partition coefficient (Wildman–Crippen LogP) is 3.72. The minimum absolute atomic E-state index is 0.237. The highest BCUT2D eigenvalue weighted by Gasteiger charge is 2.31. The topological polar surface area (TPSA) is 137 Å². The monoisotopic (exact) mass is 500 g/mol. The fourth-order valence-corrected chi connectivity index (χ4v) is 4.16. The third-order valence-corrected chi connectivity index (χ3v) is 5.75. The number of rotatable bonds is 6. The van der Waals surface area contributed by atoms with Crippen molar-refractivity contribution in [2.24, 2.45) is 0 Å². The fourth-order valence-electron chi connectivity index (χ4n) is 3.80. The van der Waals surface area contributed by atoms with Gasteiger partial charge in [0.2, 0.25) is 0 Å². The average molecular weight is 501 g/mol. The average Bonchev–Trinajstić information content (AvgIpc) is 3.45. The van der Waals surface area contributed by atoms with Crippen molar-refractivity contribution in [2.75, 3.05) is 6.61 Å². The number of aryl methyl sites for hydroxylation is 2. The van der Waals surface area contributed by atoms with Crippen molar-refractivity contribution >= 4 is 21.9 Å². The quantitative estimate of drug-likeness (QED) is 0.299. The van der Waals surface area contributed by atoms with Crippen LogP contribution < -0.4 is 11.1 Å². The molecule has 4 rings (SSSR count). The Balaban J connectivity index is 1.88. The Bertz CT molecular complexity index is 1350. The number of hydrogen-bond acceptors (Lipinski definition) is 5. The van der Waals surface area contributed by atoms with Gasteiger partial charge in [0, 0.05) is 21.4 Å². The molecule has 0 fully saturated rings. The molecule has 0 saturated carbocycles. The third kappa shape index (κ3) is 3.77. The van der Waals surface area contributed by atoms with Crippen molar-refractivity contribution in [1.29, 1.82) is 0 Å². The molecule has 0 radical (unpaired) electrons. The number of hydrogen-bond donors (Lipinski definition) is 4. The molecule has 0 spiro atoms. The maximum atomic E-state index is 12.6. The van der Waals surface area contributed by atoms with Crippen LogP contribution in [0.5, 0.6) is 0 Å². The van der Waals surface area contributed by atoms with Gasteiger partial charge in [0.25, 0.3) is 11.1 Å². The molecule has 0 amide bonds. The van der Waals surface area contributed by atoms with Gasteiger partial charge in [-0.2, -0.15) is 0 Å². The summed E-state index contributed by atoms with van der Waals surface area (Å²) in [6.45, 7) is 5.46. The summed E-state index contributed by atoms with van der Waals surface area (Å²) in [4.78, 5) is 37.7. The van der Waals surface area contributed by atoms with Gasteiger partial charge in [0.15, 0.2) is 0 Å². The number of carbonyl (C=O) groups excluding carboxylic acids is 1. The van der Waals surface area contributed by atoms with Crippen LogP contribution in [0.25, 0.3) is 11.3 Å². The van der Waals surface area contributed by atoms with E-state index >= 15 is 0 Å². The molecule has 0 unspecified atom stereocenters. The molecule has 0 atom stereocenters. The summed E-state index contributed by atoms with van der Waals surface area (Å²) >= 11 is 3.38. The Kier molecular flexibility index (Phi) is 5.79. The zero-order valence-electron chi connectivity index (χ0n) is 17.6. The molecule has 3 heterocycles. The summed E-state index contributed by atoms with van der Waals surface area (Å²) in [7, 11) is 0. The number of nitrogens with one attached hydrogen (secondary N) is 4. The molecular weight excluding hydrogens is 480 g/mol. The minimum Gasteiger partial charge on any atom is -0.462 e. The van der Waals surface area contributed by atoms with Crippen LogP contribution in [0.3, 0.4) is 0 Å². The van der Waals surface area contributed by atoms with Crippen molar-refractivity contribution in [3.63, 3.8) is 0 Å². The van der Waals surface area contributed by atoms with E-state index in [0.717, 1.165) is 4.47 Å². The number of aromatic amines is 4. The van der Waals surface area contributed by atoms with E-state index in [0.29, 0.717) is 45.2 Å². The standard InChI is InChI=1S/C22H21BrN4O5/c1-4-31-22(30)14-9-12(23)5-6-13(14)15-7-8-16(32-15)19(17-10(2)24-26-20(17)28)18-11(3)25-27-21(18)29/h5-9,19H,4H2,1-3H3,(H2,24,26,28)(H2,25,27,29). The lowest BCUT2D eigenvalue weighted by molar-refractivity contribution is 0.0527. The van der Waals surface area contributed by atoms with E-state index in [4.69, 9.17) is 9.15 Å². The summed E-state index contributed by atoms with van der Waals surface area (Å²) in [5, 5.41) is 10.7. The van der Waals surface area contributed by atoms with Crippen LogP contribution in [0.4, 0.5) is 0 Å². The van der Waals surface area contributed by atoms with Crippen LogP contribution in [-0.4, -0.2) is 33.0 Å². The molecule has 166 valence electrons. The number of ether oxygens (including phenoxy) is 1. The number of H-pyrrole nitrogens is 4. The maximum absolute atomic E-state index is 12.6. The Labute approximate surface area is 190 Å². The van der Waals surface area contributed by atoms with Gasteiger partial charge in [0.05, 0.1) is 29.2 Å². The van der Waals surface area contributed by atoms with E-state index in [-0.39, 0.29) is 17.7 Å². The molecule has 9 nitrogen and oxygen atoms in total. The van der Waals surface area contributed by atoms with E-state index in [1.165, 1.54) is 0 Å². The van der Waals surface area contributed by atoms with Gasteiger partial charge < -0.3 is 19.4 Å². The van der Waals surface area contributed by atoms with Crippen molar-refractivity contribution in [3.05, 3.63) is 89.4 Å². The molecule has 10 heteroatoms. The molecule has 3 aromatic heterocycles. The maximum Gasteiger partial charge on any atom is 0.338 e. The first-order chi connectivity index (χ1) is 15.3. The second kappa shape index (κ2) is 8.54. The van der Waals surface area contributed by atoms with Gasteiger partial charge >= 0.3 is 5.97 Å². The summed E-state index contributed by atoms with van der Waals surface area (Å²) in [6.07, 6.45) is 0. The van der Waals surface area contributed by atoms with Crippen LogP contribution in [0.15, 0.2) is 48.8 Å². The van der Waals surface area contributed by atoms with Crippen molar-refractivity contribution < 1.29 is 13.9 Å². The highest BCUT2D eigenvalue weighted by Crippen LogP contribution is 2.36. The van der Waals surface area contributed by atoms with Gasteiger partial charge in [-0.3, -0.25) is 19.8 Å². The molecule has 1 aromatic carbocycles. The molecule has 4 N–H and O–H groups in total. The number of esters is 1. The van der Waals surface area contributed by atoms with Gasteiger partial charge in [-0.25, -0.2) is 4.79 Å². The second-order valence-corrected chi connectivity index (χ2v) is 8.20. The smallest absolute Gasteiger partial charge is 0.338 e. The molecule has 0 saturated heterocycles. The number of carbonyl (C=O) groups is 1. The lowest BCUT2D eigenvalue weighted by atomic mass is 9.89. The Morgan fingerprint density at radius 2 is 1.62 bits per heavy atom. The summed E-state index contributed by atoms with van der Waals surface area (Å²) in [6, 6.07) is 8.61. The zero-order valence-corrected chi connectivity index (χ0v) is 19.2. The number of halogens is 1. The summed E-state index contributed by atoms with van der Waals surface area (Å²) in [5.74, 6) is -0.432. The van der Waals surface area contributed by atoms with Crippen LogP contribution in [0.1, 0.15) is 51.5 Å². The van der Waals surface area contributed by atoms with Crippen molar-refractivity contribution in [1.82, 2.24) is 20.4 Å². The second-order valence-electron chi connectivity index (χ2n) is 7.28. The molecule has 0 aliphatic carbocycles. The molecule has 0 aliphatic rings. The van der Waals surface area contributed by atoms with E-state index < -0.39 is 11.9 Å². The first kappa shape index (κ1) is 21.7. The Morgan fingerprint density at radius 1 is 1.00 bits per heavy atom. The summed E-state index contributed by atoms with van der Waals surface area (Å²) < 4.78 is 12.1. The largest absolute Gasteiger partial charge is 0.462 e. The van der Waals surface area contributed by atoms with Crippen LogP contribution in [0, 0.1) is 13.8 Å². The normalized spacial score (nSPS) is 11.3. The molecule has 4 aromatic rings. The number of aromatic nitrogens is 4. The van der Waals surface area contributed by atoms with Crippen LogP contribution in [-0.2, 0) is 4.74 Å². The first-order valence-corrected chi connectivity index (χ1v) is 10.7. The lowest BCUT2D eigenvalue weighted by Gasteiger charge is -2.13. The summed E-state index contributed by atoms with van der Waals surface area (Å²) in [5.41, 5.74) is 2.12. The van der Waals surface area contributed by atoms with E-state index in [9.17, 15) is 14.4 Å². The molecule has 0 aliphatic heterocycles. The van der Waals surface area contributed by atoms with Gasteiger partial charge in [-0.15, -0.1) is 0 Å². The van der Waals surface area contributed by atoms with E-state index in [2.05, 4.69) is 36.3 Å². The predicted molar refractivity (Wildman–Crippen MR) is 121 cm³/mol. The zero-order chi connectivity index (χ0) is 23.0. The lowest BCUT2D eigenvalue weighted by Crippen LogP contribution is -2.19. The third-order valence-electron chi connectivity index (χ3n) is 5.26. The minimum atomic E-state index is -0.754.